The fourth-order valence-electron chi connectivity index (χ4n) is 4.82. The van der Waals surface area contributed by atoms with Gasteiger partial charge < -0.3 is 31.2 Å². The number of nitrogens with one attached hydrogen (secondary N) is 4. The molecule has 0 heterocycles. The summed E-state index contributed by atoms with van der Waals surface area (Å²) < 4.78 is 5.64. The minimum absolute atomic E-state index is 0.0589. The maximum absolute atomic E-state index is 12.5. The Labute approximate surface area is 231 Å². The van der Waals surface area contributed by atoms with Crippen molar-refractivity contribution in [3.05, 3.63) is 65.9 Å². The molecule has 1 fully saturated rings. The van der Waals surface area contributed by atoms with Gasteiger partial charge in [0.15, 0.2) is 0 Å². The van der Waals surface area contributed by atoms with Gasteiger partial charge in [-0.05, 0) is 68.5 Å². The van der Waals surface area contributed by atoms with Crippen molar-refractivity contribution in [3.8, 4) is 5.75 Å². The van der Waals surface area contributed by atoms with E-state index < -0.39 is 11.9 Å². The smallest absolute Gasteiger partial charge is 0.308 e. The molecule has 0 aliphatic heterocycles. The Morgan fingerprint density at radius 1 is 1.08 bits per heavy atom. The molecule has 2 aromatic carbocycles. The number of carboxylic acid groups (broad SMARTS) is 1. The number of hydrogen-bond donors (Lipinski definition) is 5. The highest BCUT2D eigenvalue weighted by Gasteiger charge is 2.28. The summed E-state index contributed by atoms with van der Waals surface area (Å²) in [6.45, 7) is 6.19. The highest BCUT2D eigenvalue weighted by atomic mass is 16.5. The van der Waals surface area contributed by atoms with Crippen molar-refractivity contribution in [2.75, 3.05) is 23.8 Å². The average molecular weight is 535 g/mol. The summed E-state index contributed by atoms with van der Waals surface area (Å²) in [5.41, 5.74) is 3.75. The molecule has 8 heteroatoms. The van der Waals surface area contributed by atoms with Crippen LogP contribution in [0.3, 0.4) is 0 Å². The SMILES string of the molecule is CCOc1cccc(N/C=C(\C(=N)CC)C(Nc2ccc(C(=O)NCC(C)C(=O)O)cc2)C2CCCCC2)c1. The van der Waals surface area contributed by atoms with Crippen molar-refractivity contribution in [2.24, 2.45) is 11.8 Å². The van der Waals surface area contributed by atoms with E-state index in [0.717, 1.165) is 35.5 Å². The molecule has 3 rings (SSSR count). The standard InChI is InChI=1S/C31H42N4O4/c1-4-28(32)27(20-33-25-12-9-13-26(18-25)39-5-2)29(22-10-7-6-8-11-22)35-24-16-14-23(15-17-24)30(36)34-19-21(3)31(37)38/h9,12-18,20-22,29,32-33,35H,4-8,10-11,19H2,1-3H3,(H,34,36)(H,37,38)/b27-20+,32-28?. The van der Waals surface area contributed by atoms with Crippen LogP contribution in [0.2, 0.25) is 0 Å². The predicted octanol–water partition coefficient (Wildman–Crippen LogP) is 6.32. The van der Waals surface area contributed by atoms with E-state index in [9.17, 15) is 9.59 Å². The van der Waals surface area contributed by atoms with E-state index in [1.807, 2.05) is 56.4 Å². The van der Waals surface area contributed by atoms with E-state index in [4.69, 9.17) is 15.3 Å². The molecule has 210 valence electrons. The van der Waals surface area contributed by atoms with Crippen molar-refractivity contribution in [2.45, 2.75) is 65.3 Å². The Balaban J connectivity index is 1.82. The molecule has 2 aromatic rings. The van der Waals surface area contributed by atoms with Crippen LogP contribution in [0.5, 0.6) is 5.75 Å². The van der Waals surface area contributed by atoms with Gasteiger partial charge in [0.2, 0.25) is 0 Å². The number of carbonyl (C=O) groups excluding carboxylic acids is 1. The number of hydrogen-bond acceptors (Lipinski definition) is 6. The number of carboxylic acids is 1. The van der Waals surface area contributed by atoms with Gasteiger partial charge in [-0.25, -0.2) is 0 Å². The molecule has 0 aromatic heterocycles. The Bertz CT molecular complexity index is 1140. The summed E-state index contributed by atoms with van der Waals surface area (Å²) in [7, 11) is 0. The average Bonchev–Trinajstić information content (AvgIpc) is 2.96. The van der Waals surface area contributed by atoms with Crippen LogP contribution in [0.4, 0.5) is 11.4 Å². The highest BCUT2D eigenvalue weighted by molar-refractivity contribution is 5.99. The second kappa shape index (κ2) is 15.0. The van der Waals surface area contributed by atoms with Gasteiger partial charge in [-0.3, -0.25) is 9.59 Å². The molecule has 8 nitrogen and oxygen atoms in total. The summed E-state index contributed by atoms with van der Waals surface area (Å²) in [5.74, 6) is -0.715. The molecule has 0 spiro atoms. The van der Waals surface area contributed by atoms with Gasteiger partial charge in [0.05, 0.1) is 18.6 Å². The van der Waals surface area contributed by atoms with Crippen LogP contribution in [0.15, 0.2) is 60.3 Å². The molecule has 1 amide bonds. The van der Waals surface area contributed by atoms with Gasteiger partial charge in [0, 0.05) is 47.0 Å². The largest absolute Gasteiger partial charge is 0.494 e. The second-order valence-corrected chi connectivity index (χ2v) is 10.1. The van der Waals surface area contributed by atoms with Crippen molar-refractivity contribution in [1.29, 1.82) is 5.41 Å². The zero-order valence-electron chi connectivity index (χ0n) is 23.3. The first-order valence-corrected chi connectivity index (χ1v) is 14.0. The van der Waals surface area contributed by atoms with Crippen LogP contribution in [0, 0.1) is 17.2 Å². The maximum Gasteiger partial charge on any atom is 0.308 e. The van der Waals surface area contributed by atoms with Crippen LogP contribution in [-0.2, 0) is 4.79 Å². The Hall–Kier alpha value is -3.81. The van der Waals surface area contributed by atoms with Crippen molar-refractivity contribution in [3.63, 3.8) is 0 Å². The number of aliphatic carboxylic acids is 1. The van der Waals surface area contributed by atoms with Gasteiger partial charge in [-0.15, -0.1) is 0 Å². The normalized spacial score (nSPS) is 15.6. The lowest BCUT2D eigenvalue weighted by Crippen LogP contribution is -2.35. The minimum Gasteiger partial charge on any atom is -0.494 e. The Morgan fingerprint density at radius 2 is 1.79 bits per heavy atom. The summed E-state index contributed by atoms with van der Waals surface area (Å²) in [5, 5.41) is 27.6. The first kappa shape index (κ1) is 29.7. The molecular weight excluding hydrogens is 492 g/mol. The number of anilines is 2. The van der Waals surface area contributed by atoms with Crippen molar-refractivity contribution < 1.29 is 19.4 Å². The molecule has 1 aliphatic rings. The van der Waals surface area contributed by atoms with Gasteiger partial charge in [-0.2, -0.15) is 0 Å². The van der Waals surface area contributed by atoms with E-state index in [0.29, 0.717) is 30.2 Å². The minimum atomic E-state index is -0.943. The lowest BCUT2D eigenvalue weighted by atomic mass is 9.79. The fourth-order valence-corrected chi connectivity index (χ4v) is 4.82. The molecule has 1 aliphatic carbocycles. The summed E-state index contributed by atoms with van der Waals surface area (Å²) >= 11 is 0. The van der Waals surface area contributed by atoms with E-state index in [1.165, 1.54) is 19.3 Å². The van der Waals surface area contributed by atoms with Crippen LogP contribution in [0.1, 0.15) is 69.7 Å². The molecule has 0 radical (unpaired) electrons. The third-order valence-electron chi connectivity index (χ3n) is 7.16. The van der Waals surface area contributed by atoms with E-state index >= 15 is 0 Å². The molecule has 1 saturated carbocycles. The third kappa shape index (κ3) is 8.87. The molecule has 2 atom stereocenters. The van der Waals surface area contributed by atoms with Crippen molar-refractivity contribution >= 4 is 29.0 Å². The van der Waals surface area contributed by atoms with E-state index in [2.05, 4.69) is 16.0 Å². The number of carbonyl (C=O) groups is 2. The zero-order valence-corrected chi connectivity index (χ0v) is 23.3. The number of amides is 1. The summed E-state index contributed by atoms with van der Waals surface area (Å²) in [6.07, 6.45) is 8.34. The molecule has 2 unspecified atom stereocenters. The first-order chi connectivity index (χ1) is 18.8. The predicted molar refractivity (Wildman–Crippen MR) is 157 cm³/mol. The van der Waals surface area contributed by atoms with Crippen LogP contribution in [-0.4, -0.2) is 41.9 Å². The van der Waals surface area contributed by atoms with Gasteiger partial charge in [-0.1, -0.05) is 39.2 Å². The quantitative estimate of drug-likeness (QED) is 0.181. The molecule has 0 bridgehead atoms. The van der Waals surface area contributed by atoms with Gasteiger partial charge in [0.1, 0.15) is 5.75 Å². The molecule has 39 heavy (non-hydrogen) atoms. The fraction of sp³-hybridized carbons (Fsp3) is 0.452. The van der Waals surface area contributed by atoms with E-state index in [1.54, 1.807) is 19.1 Å². The molecule has 0 saturated heterocycles. The lowest BCUT2D eigenvalue weighted by molar-refractivity contribution is -0.140. The third-order valence-corrected chi connectivity index (χ3v) is 7.16. The Kier molecular flexibility index (Phi) is 11.4. The highest BCUT2D eigenvalue weighted by Crippen LogP contribution is 2.32. The molecule has 5 N–H and O–H groups in total. The topological polar surface area (TPSA) is 124 Å². The monoisotopic (exact) mass is 534 g/mol. The number of ether oxygens (including phenoxy) is 1. The number of rotatable bonds is 14. The van der Waals surface area contributed by atoms with E-state index in [-0.39, 0.29) is 18.5 Å². The van der Waals surface area contributed by atoms with Gasteiger partial charge in [0.25, 0.3) is 5.91 Å². The second-order valence-electron chi connectivity index (χ2n) is 10.1. The van der Waals surface area contributed by atoms with Crippen LogP contribution in [0.25, 0.3) is 0 Å². The number of benzene rings is 2. The summed E-state index contributed by atoms with van der Waals surface area (Å²) in [6, 6.07) is 15.0. The van der Waals surface area contributed by atoms with Crippen LogP contribution >= 0.6 is 0 Å². The van der Waals surface area contributed by atoms with Crippen LogP contribution < -0.4 is 20.7 Å². The Morgan fingerprint density at radius 3 is 2.44 bits per heavy atom. The zero-order chi connectivity index (χ0) is 28.2. The first-order valence-electron chi connectivity index (χ1n) is 14.0. The van der Waals surface area contributed by atoms with Gasteiger partial charge >= 0.3 is 5.97 Å². The maximum atomic E-state index is 12.5. The molecular formula is C31H42N4O4. The lowest BCUT2D eigenvalue weighted by Gasteiger charge is -2.34. The summed E-state index contributed by atoms with van der Waals surface area (Å²) in [4.78, 5) is 23.5. The van der Waals surface area contributed by atoms with Crippen molar-refractivity contribution in [1.82, 2.24) is 5.32 Å².